The summed E-state index contributed by atoms with van der Waals surface area (Å²) in [7, 11) is 1.29. The summed E-state index contributed by atoms with van der Waals surface area (Å²) in [5, 5.41) is 0.334. The maximum absolute atomic E-state index is 11.1. The molecule has 0 unspecified atom stereocenters. The molecule has 0 atom stereocenters. The number of hydrogen-bond donors (Lipinski definition) is 1. The minimum absolute atomic E-state index is 0.122. The molecule has 0 saturated carbocycles. The lowest BCUT2D eigenvalue weighted by Crippen LogP contribution is -2.02. The molecule has 14 heavy (non-hydrogen) atoms. The van der Waals surface area contributed by atoms with Crippen LogP contribution in [0.1, 0.15) is 10.6 Å². The predicted octanol–water partition coefficient (Wildman–Crippen LogP) is 1.40. The van der Waals surface area contributed by atoms with E-state index in [9.17, 15) is 4.79 Å². The zero-order valence-corrected chi connectivity index (χ0v) is 8.00. The Morgan fingerprint density at radius 1 is 1.50 bits per heavy atom. The van der Waals surface area contributed by atoms with Crippen LogP contribution in [0.15, 0.2) is 12.1 Å². The van der Waals surface area contributed by atoms with E-state index in [1.807, 2.05) is 0 Å². The number of nitrogens with one attached hydrogen (secondary N) is 1. The second-order valence-corrected chi connectivity index (χ2v) is 2.97. The standard InChI is InChI=1S/C8H6ClN3O2/c1-14-8(13)7-10-4-2-3-5(9)11-6(4)12-7/h2-3H,1H3,(H,10,11,12). The van der Waals surface area contributed by atoms with E-state index in [2.05, 4.69) is 19.7 Å². The van der Waals surface area contributed by atoms with Gasteiger partial charge in [0.25, 0.3) is 0 Å². The SMILES string of the molecule is COC(=O)c1nc2nc(Cl)ccc2[nH]1. The van der Waals surface area contributed by atoms with Crippen LogP contribution in [0.4, 0.5) is 0 Å². The van der Waals surface area contributed by atoms with E-state index in [-0.39, 0.29) is 5.82 Å². The molecule has 6 heteroatoms. The molecule has 0 aromatic carbocycles. The maximum Gasteiger partial charge on any atom is 0.374 e. The van der Waals surface area contributed by atoms with Crippen molar-refractivity contribution in [2.24, 2.45) is 0 Å². The fourth-order valence-electron chi connectivity index (χ4n) is 1.06. The van der Waals surface area contributed by atoms with Gasteiger partial charge in [-0.3, -0.25) is 0 Å². The number of pyridine rings is 1. The summed E-state index contributed by atoms with van der Waals surface area (Å²) in [5.41, 5.74) is 1.05. The second-order valence-electron chi connectivity index (χ2n) is 2.58. The number of fused-ring (bicyclic) bond motifs is 1. The molecule has 0 bridgehead atoms. The Morgan fingerprint density at radius 2 is 2.29 bits per heavy atom. The number of methoxy groups -OCH3 is 1. The van der Waals surface area contributed by atoms with Gasteiger partial charge in [0.05, 0.1) is 12.6 Å². The zero-order chi connectivity index (χ0) is 10.1. The average molecular weight is 212 g/mol. The van der Waals surface area contributed by atoms with E-state index < -0.39 is 5.97 Å². The monoisotopic (exact) mass is 211 g/mol. The normalized spacial score (nSPS) is 10.4. The topological polar surface area (TPSA) is 67.9 Å². The van der Waals surface area contributed by atoms with E-state index in [0.29, 0.717) is 16.3 Å². The average Bonchev–Trinajstić information content (AvgIpc) is 2.59. The molecule has 2 aromatic heterocycles. The molecule has 0 fully saturated rings. The van der Waals surface area contributed by atoms with Gasteiger partial charge in [-0.05, 0) is 12.1 Å². The van der Waals surface area contributed by atoms with E-state index >= 15 is 0 Å². The Bertz CT molecular complexity index is 494. The molecule has 0 aliphatic heterocycles. The molecule has 72 valence electrons. The number of carbonyl (C=O) groups is 1. The third-order valence-corrected chi connectivity index (χ3v) is 1.90. The third-order valence-electron chi connectivity index (χ3n) is 1.69. The summed E-state index contributed by atoms with van der Waals surface area (Å²) in [4.78, 5) is 21.7. The van der Waals surface area contributed by atoms with Crippen LogP contribution in [-0.4, -0.2) is 28.0 Å². The largest absolute Gasteiger partial charge is 0.463 e. The molecule has 0 saturated heterocycles. The first-order valence-corrected chi connectivity index (χ1v) is 4.19. The van der Waals surface area contributed by atoms with Gasteiger partial charge in [0.15, 0.2) is 5.65 Å². The highest BCUT2D eigenvalue weighted by atomic mass is 35.5. The van der Waals surface area contributed by atoms with Crippen LogP contribution in [0.25, 0.3) is 11.2 Å². The molecular formula is C8H6ClN3O2. The summed E-state index contributed by atoms with van der Waals surface area (Å²) < 4.78 is 4.50. The number of aromatic amines is 1. The van der Waals surface area contributed by atoms with Gasteiger partial charge in [0, 0.05) is 0 Å². The van der Waals surface area contributed by atoms with Crippen molar-refractivity contribution in [1.82, 2.24) is 15.0 Å². The lowest BCUT2D eigenvalue weighted by Gasteiger charge is -1.90. The zero-order valence-electron chi connectivity index (χ0n) is 7.24. The fraction of sp³-hybridized carbons (Fsp3) is 0.125. The predicted molar refractivity (Wildman–Crippen MR) is 50.2 cm³/mol. The summed E-state index contributed by atoms with van der Waals surface area (Å²) >= 11 is 5.66. The van der Waals surface area contributed by atoms with E-state index in [0.717, 1.165) is 0 Å². The quantitative estimate of drug-likeness (QED) is 0.572. The van der Waals surface area contributed by atoms with Crippen molar-refractivity contribution in [3.8, 4) is 0 Å². The third kappa shape index (κ3) is 1.42. The summed E-state index contributed by atoms with van der Waals surface area (Å²) in [6, 6.07) is 3.31. The summed E-state index contributed by atoms with van der Waals surface area (Å²) in [5.74, 6) is -0.406. The molecule has 0 amide bonds. The summed E-state index contributed by atoms with van der Waals surface area (Å²) in [6.45, 7) is 0. The van der Waals surface area contributed by atoms with Gasteiger partial charge >= 0.3 is 5.97 Å². The Labute approximate surface area is 84.1 Å². The fourth-order valence-corrected chi connectivity index (χ4v) is 1.21. The number of ether oxygens (including phenoxy) is 1. The van der Waals surface area contributed by atoms with Crippen molar-refractivity contribution in [2.75, 3.05) is 7.11 Å². The van der Waals surface area contributed by atoms with Crippen LogP contribution >= 0.6 is 11.6 Å². The molecule has 5 nitrogen and oxygen atoms in total. The summed E-state index contributed by atoms with van der Waals surface area (Å²) in [6.07, 6.45) is 0. The van der Waals surface area contributed by atoms with Gasteiger partial charge < -0.3 is 9.72 Å². The lowest BCUT2D eigenvalue weighted by molar-refractivity contribution is 0.0588. The van der Waals surface area contributed by atoms with Crippen LogP contribution in [-0.2, 0) is 4.74 Å². The molecule has 2 rings (SSSR count). The number of nitrogens with zero attached hydrogens (tertiary/aromatic N) is 2. The smallest absolute Gasteiger partial charge is 0.374 e. The van der Waals surface area contributed by atoms with E-state index in [1.165, 1.54) is 7.11 Å². The molecule has 0 aliphatic rings. The van der Waals surface area contributed by atoms with E-state index in [4.69, 9.17) is 11.6 Å². The highest BCUT2D eigenvalue weighted by Crippen LogP contribution is 2.13. The van der Waals surface area contributed by atoms with Gasteiger partial charge in [-0.25, -0.2) is 14.8 Å². The van der Waals surface area contributed by atoms with Crippen molar-refractivity contribution >= 4 is 28.7 Å². The molecule has 2 heterocycles. The number of hydrogen-bond acceptors (Lipinski definition) is 4. The highest BCUT2D eigenvalue weighted by molar-refractivity contribution is 6.29. The first-order valence-electron chi connectivity index (χ1n) is 3.81. The Balaban J connectivity index is 2.56. The van der Waals surface area contributed by atoms with Crippen LogP contribution in [0.3, 0.4) is 0 Å². The van der Waals surface area contributed by atoms with Crippen molar-refractivity contribution in [3.63, 3.8) is 0 Å². The van der Waals surface area contributed by atoms with Gasteiger partial charge in [-0.15, -0.1) is 0 Å². The second kappa shape index (κ2) is 3.26. The van der Waals surface area contributed by atoms with Gasteiger partial charge in [0.1, 0.15) is 5.15 Å². The first-order chi connectivity index (χ1) is 6.70. The van der Waals surface area contributed by atoms with Gasteiger partial charge in [0.2, 0.25) is 5.82 Å². The van der Waals surface area contributed by atoms with Crippen molar-refractivity contribution in [2.45, 2.75) is 0 Å². The van der Waals surface area contributed by atoms with Crippen molar-refractivity contribution < 1.29 is 9.53 Å². The Kier molecular flexibility index (Phi) is 2.09. The molecule has 0 spiro atoms. The Hall–Kier alpha value is -1.62. The van der Waals surface area contributed by atoms with Gasteiger partial charge in [-0.2, -0.15) is 0 Å². The number of carbonyl (C=O) groups excluding carboxylic acids is 1. The lowest BCUT2D eigenvalue weighted by atomic mass is 10.4. The molecular weight excluding hydrogens is 206 g/mol. The maximum atomic E-state index is 11.1. The van der Waals surface area contributed by atoms with Gasteiger partial charge in [-0.1, -0.05) is 11.6 Å². The molecule has 1 N–H and O–H groups in total. The van der Waals surface area contributed by atoms with Crippen molar-refractivity contribution in [1.29, 1.82) is 0 Å². The number of rotatable bonds is 1. The van der Waals surface area contributed by atoms with Crippen LogP contribution in [0, 0.1) is 0 Å². The van der Waals surface area contributed by atoms with Crippen molar-refractivity contribution in [3.05, 3.63) is 23.1 Å². The minimum Gasteiger partial charge on any atom is -0.463 e. The molecule has 2 aromatic rings. The molecule has 0 radical (unpaired) electrons. The van der Waals surface area contributed by atoms with Crippen LogP contribution < -0.4 is 0 Å². The number of H-pyrrole nitrogens is 1. The number of halogens is 1. The Morgan fingerprint density at radius 3 is 3.00 bits per heavy atom. The van der Waals surface area contributed by atoms with E-state index in [1.54, 1.807) is 12.1 Å². The number of esters is 1. The number of aromatic nitrogens is 3. The highest BCUT2D eigenvalue weighted by Gasteiger charge is 2.11. The van der Waals surface area contributed by atoms with Crippen LogP contribution in [0.2, 0.25) is 5.15 Å². The van der Waals surface area contributed by atoms with Crippen LogP contribution in [0.5, 0.6) is 0 Å². The molecule has 0 aliphatic carbocycles. The number of imidazole rings is 1. The minimum atomic E-state index is -0.529. The first kappa shape index (κ1) is 8.96.